The number of amides is 1. The summed E-state index contributed by atoms with van der Waals surface area (Å²) in [6.07, 6.45) is 0.859. The monoisotopic (exact) mass is 236 g/mol. The van der Waals surface area contributed by atoms with E-state index in [-0.39, 0.29) is 11.4 Å². The van der Waals surface area contributed by atoms with E-state index in [2.05, 4.69) is 5.32 Å². The standard InChI is InChI=1S/C13H20N2O2/c1-5-13(2,3)15-12(16)9-6-10(14)8-11(7-9)17-4/h6-8H,5,14H2,1-4H3,(H,15,16). The van der Waals surface area contributed by atoms with Crippen LogP contribution in [0.25, 0.3) is 0 Å². The molecule has 4 nitrogen and oxygen atoms in total. The third-order valence-electron chi connectivity index (χ3n) is 2.76. The molecule has 17 heavy (non-hydrogen) atoms. The Balaban J connectivity index is 2.93. The Morgan fingerprint density at radius 1 is 1.41 bits per heavy atom. The Morgan fingerprint density at radius 2 is 2.06 bits per heavy atom. The van der Waals surface area contributed by atoms with Crippen molar-refractivity contribution < 1.29 is 9.53 Å². The van der Waals surface area contributed by atoms with Crippen molar-refractivity contribution in [1.82, 2.24) is 5.32 Å². The van der Waals surface area contributed by atoms with E-state index in [1.807, 2.05) is 20.8 Å². The van der Waals surface area contributed by atoms with Crippen LogP contribution in [0, 0.1) is 0 Å². The Labute approximate surface area is 102 Å². The topological polar surface area (TPSA) is 64.4 Å². The second-order valence-electron chi connectivity index (χ2n) is 4.69. The summed E-state index contributed by atoms with van der Waals surface area (Å²) in [4.78, 5) is 12.0. The van der Waals surface area contributed by atoms with Gasteiger partial charge in [-0.2, -0.15) is 0 Å². The van der Waals surface area contributed by atoms with Crippen molar-refractivity contribution in [3.63, 3.8) is 0 Å². The van der Waals surface area contributed by atoms with Crippen LogP contribution < -0.4 is 15.8 Å². The highest BCUT2D eigenvalue weighted by Gasteiger charge is 2.19. The van der Waals surface area contributed by atoms with Crippen molar-refractivity contribution >= 4 is 11.6 Å². The van der Waals surface area contributed by atoms with Crippen LogP contribution in [-0.2, 0) is 0 Å². The average Bonchev–Trinajstić information content (AvgIpc) is 2.27. The van der Waals surface area contributed by atoms with Gasteiger partial charge in [0, 0.05) is 22.9 Å². The van der Waals surface area contributed by atoms with Crippen molar-refractivity contribution in [3.8, 4) is 5.75 Å². The molecule has 1 aromatic carbocycles. The van der Waals surface area contributed by atoms with Gasteiger partial charge in [-0.1, -0.05) is 6.92 Å². The molecule has 0 saturated carbocycles. The summed E-state index contributed by atoms with van der Waals surface area (Å²) < 4.78 is 5.08. The van der Waals surface area contributed by atoms with E-state index < -0.39 is 0 Å². The lowest BCUT2D eigenvalue weighted by atomic mass is 10.0. The normalized spacial score (nSPS) is 11.1. The number of benzene rings is 1. The van der Waals surface area contributed by atoms with Gasteiger partial charge in [0.25, 0.3) is 5.91 Å². The minimum absolute atomic E-state index is 0.137. The quantitative estimate of drug-likeness (QED) is 0.788. The van der Waals surface area contributed by atoms with Gasteiger partial charge in [-0.05, 0) is 32.4 Å². The maximum Gasteiger partial charge on any atom is 0.251 e. The summed E-state index contributed by atoms with van der Waals surface area (Å²) in [5, 5.41) is 2.95. The van der Waals surface area contributed by atoms with Gasteiger partial charge in [-0.25, -0.2) is 0 Å². The van der Waals surface area contributed by atoms with Crippen molar-refractivity contribution in [2.75, 3.05) is 12.8 Å². The van der Waals surface area contributed by atoms with Crippen molar-refractivity contribution in [2.45, 2.75) is 32.7 Å². The lowest BCUT2D eigenvalue weighted by molar-refractivity contribution is 0.0911. The molecule has 0 fully saturated rings. The fraction of sp³-hybridized carbons (Fsp3) is 0.462. The molecule has 0 atom stereocenters. The van der Waals surface area contributed by atoms with E-state index in [4.69, 9.17) is 10.5 Å². The summed E-state index contributed by atoms with van der Waals surface area (Å²) in [6.45, 7) is 5.99. The molecule has 94 valence electrons. The van der Waals surface area contributed by atoms with E-state index >= 15 is 0 Å². The third kappa shape index (κ3) is 3.66. The van der Waals surface area contributed by atoms with Gasteiger partial charge >= 0.3 is 0 Å². The summed E-state index contributed by atoms with van der Waals surface area (Å²) in [5.41, 5.74) is 6.52. The number of methoxy groups -OCH3 is 1. The Hall–Kier alpha value is -1.71. The first-order chi connectivity index (χ1) is 7.88. The van der Waals surface area contributed by atoms with Gasteiger partial charge in [0.15, 0.2) is 0 Å². The van der Waals surface area contributed by atoms with Gasteiger partial charge in [-0.15, -0.1) is 0 Å². The number of nitrogen functional groups attached to an aromatic ring is 1. The molecule has 0 aliphatic heterocycles. The predicted octanol–water partition coefficient (Wildman–Crippen LogP) is 2.20. The number of ether oxygens (including phenoxy) is 1. The first-order valence-corrected chi connectivity index (χ1v) is 5.65. The molecule has 0 spiro atoms. The lowest BCUT2D eigenvalue weighted by Gasteiger charge is -2.24. The van der Waals surface area contributed by atoms with Gasteiger partial charge < -0.3 is 15.8 Å². The predicted molar refractivity (Wildman–Crippen MR) is 69.2 cm³/mol. The van der Waals surface area contributed by atoms with Crippen LogP contribution in [0.15, 0.2) is 18.2 Å². The molecule has 1 aromatic rings. The van der Waals surface area contributed by atoms with E-state index in [9.17, 15) is 4.79 Å². The molecule has 0 radical (unpaired) electrons. The molecular weight excluding hydrogens is 216 g/mol. The zero-order valence-corrected chi connectivity index (χ0v) is 10.8. The van der Waals surface area contributed by atoms with E-state index in [1.165, 1.54) is 0 Å². The number of nitrogens with one attached hydrogen (secondary N) is 1. The molecule has 0 aliphatic carbocycles. The van der Waals surface area contributed by atoms with Crippen LogP contribution in [-0.4, -0.2) is 18.6 Å². The first-order valence-electron chi connectivity index (χ1n) is 5.65. The Bertz CT molecular complexity index is 414. The second kappa shape index (κ2) is 5.08. The van der Waals surface area contributed by atoms with Gasteiger partial charge in [0.2, 0.25) is 0 Å². The molecule has 3 N–H and O–H groups in total. The van der Waals surface area contributed by atoms with Gasteiger partial charge in [0.05, 0.1) is 7.11 Å². The number of rotatable bonds is 4. The third-order valence-corrected chi connectivity index (χ3v) is 2.76. The molecule has 0 bridgehead atoms. The summed E-state index contributed by atoms with van der Waals surface area (Å²) in [5.74, 6) is 0.451. The molecule has 1 rings (SSSR count). The van der Waals surface area contributed by atoms with Crippen LogP contribution in [0.4, 0.5) is 5.69 Å². The van der Waals surface area contributed by atoms with Crippen molar-refractivity contribution in [2.24, 2.45) is 0 Å². The van der Waals surface area contributed by atoms with Crippen LogP contribution in [0.5, 0.6) is 5.75 Å². The van der Waals surface area contributed by atoms with Gasteiger partial charge in [-0.3, -0.25) is 4.79 Å². The van der Waals surface area contributed by atoms with Crippen LogP contribution in [0.3, 0.4) is 0 Å². The number of carbonyl (C=O) groups excluding carboxylic acids is 1. The zero-order valence-electron chi connectivity index (χ0n) is 10.8. The second-order valence-corrected chi connectivity index (χ2v) is 4.69. The smallest absolute Gasteiger partial charge is 0.251 e. The molecule has 1 amide bonds. The molecule has 0 aliphatic rings. The van der Waals surface area contributed by atoms with Crippen LogP contribution in [0.2, 0.25) is 0 Å². The Morgan fingerprint density at radius 3 is 2.59 bits per heavy atom. The molecule has 0 unspecified atom stereocenters. The minimum Gasteiger partial charge on any atom is -0.497 e. The average molecular weight is 236 g/mol. The Kier molecular flexibility index (Phi) is 3.99. The fourth-order valence-electron chi connectivity index (χ4n) is 1.34. The van der Waals surface area contributed by atoms with Crippen molar-refractivity contribution in [1.29, 1.82) is 0 Å². The summed E-state index contributed by atoms with van der Waals surface area (Å²) in [7, 11) is 1.55. The molecule has 4 heteroatoms. The van der Waals surface area contributed by atoms with Crippen LogP contribution >= 0.6 is 0 Å². The maximum atomic E-state index is 12.0. The number of hydrogen-bond donors (Lipinski definition) is 2. The SMILES string of the molecule is CCC(C)(C)NC(=O)c1cc(N)cc(OC)c1. The number of nitrogens with two attached hydrogens (primary N) is 1. The van der Waals surface area contributed by atoms with Gasteiger partial charge in [0.1, 0.15) is 5.75 Å². The van der Waals surface area contributed by atoms with E-state index in [0.717, 1.165) is 6.42 Å². The maximum absolute atomic E-state index is 12.0. The highest BCUT2D eigenvalue weighted by Crippen LogP contribution is 2.19. The molecule has 0 heterocycles. The first kappa shape index (κ1) is 13.4. The minimum atomic E-state index is -0.227. The lowest BCUT2D eigenvalue weighted by Crippen LogP contribution is -2.42. The largest absolute Gasteiger partial charge is 0.497 e. The van der Waals surface area contributed by atoms with Crippen molar-refractivity contribution in [3.05, 3.63) is 23.8 Å². The van der Waals surface area contributed by atoms with Crippen LogP contribution in [0.1, 0.15) is 37.6 Å². The number of hydrogen-bond acceptors (Lipinski definition) is 3. The highest BCUT2D eigenvalue weighted by atomic mass is 16.5. The highest BCUT2D eigenvalue weighted by molar-refractivity contribution is 5.96. The van der Waals surface area contributed by atoms with E-state index in [0.29, 0.717) is 17.0 Å². The molecular formula is C13H20N2O2. The molecule has 0 aromatic heterocycles. The zero-order chi connectivity index (χ0) is 13.1. The fourth-order valence-corrected chi connectivity index (χ4v) is 1.34. The molecule has 0 saturated heterocycles. The number of carbonyl (C=O) groups is 1. The van der Waals surface area contributed by atoms with E-state index in [1.54, 1.807) is 25.3 Å². The summed E-state index contributed by atoms with van der Waals surface area (Å²) in [6, 6.07) is 5.00. The summed E-state index contributed by atoms with van der Waals surface area (Å²) >= 11 is 0. The number of anilines is 1.